The molecule has 0 spiro atoms. The van der Waals surface area contributed by atoms with Crippen LogP contribution in [0.2, 0.25) is 5.02 Å². The van der Waals surface area contributed by atoms with Crippen molar-refractivity contribution in [3.05, 3.63) is 101 Å². The molecule has 6 nitrogen and oxygen atoms in total. The number of ether oxygens (including phenoxy) is 4. The predicted molar refractivity (Wildman–Crippen MR) is 123 cm³/mol. The Balaban J connectivity index is 1.56. The number of esters is 1. The lowest BCUT2D eigenvalue weighted by molar-refractivity contribution is -0.263. The lowest BCUT2D eigenvalue weighted by Crippen LogP contribution is -2.57. The number of rotatable bonds is 7. The van der Waals surface area contributed by atoms with Crippen LogP contribution in [0.15, 0.2) is 78.9 Å². The van der Waals surface area contributed by atoms with Gasteiger partial charge < -0.3 is 24.1 Å². The monoisotopic (exact) mass is 468 g/mol. The van der Waals surface area contributed by atoms with Gasteiger partial charge in [-0.2, -0.15) is 0 Å². The second-order valence-corrected chi connectivity index (χ2v) is 8.27. The van der Waals surface area contributed by atoms with Gasteiger partial charge in [0.05, 0.1) is 18.8 Å². The smallest absolute Gasteiger partial charge is 0.338 e. The SMILES string of the molecule is Cc1ccc(O[C@@H]2COC(O)[C@@H](OCc3ccccc3)[C@@H]2OC(=O)c2ccc(Cl)cc2)cc1. The van der Waals surface area contributed by atoms with Gasteiger partial charge >= 0.3 is 5.97 Å². The molecule has 7 heteroatoms. The molecule has 1 aliphatic heterocycles. The minimum absolute atomic E-state index is 0.0266. The number of hydrogen-bond donors (Lipinski definition) is 1. The van der Waals surface area contributed by atoms with E-state index in [9.17, 15) is 9.90 Å². The summed E-state index contributed by atoms with van der Waals surface area (Å²) in [6, 6.07) is 23.4. The zero-order valence-corrected chi connectivity index (χ0v) is 18.9. The second-order valence-electron chi connectivity index (χ2n) is 7.83. The molecule has 0 aliphatic carbocycles. The number of carbonyl (C=O) groups excluding carboxylic acids is 1. The van der Waals surface area contributed by atoms with Gasteiger partial charge in [0.1, 0.15) is 11.9 Å². The van der Waals surface area contributed by atoms with Crippen LogP contribution in [0.3, 0.4) is 0 Å². The van der Waals surface area contributed by atoms with Gasteiger partial charge in [-0.1, -0.05) is 59.6 Å². The molecule has 1 fully saturated rings. The molecule has 1 N–H and O–H groups in total. The summed E-state index contributed by atoms with van der Waals surface area (Å²) in [6.45, 7) is 2.21. The van der Waals surface area contributed by atoms with Crippen molar-refractivity contribution < 1.29 is 28.8 Å². The first-order valence-corrected chi connectivity index (χ1v) is 11.0. The van der Waals surface area contributed by atoms with E-state index in [1.54, 1.807) is 24.3 Å². The molecule has 172 valence electrons. The molecule has 1 aliphatic rings. The van der Waals surface area contributed by atoms with Crippen LogP contribution in [0.5, 0.6) is 5.75 Å². The normalized spacial score (nSPS) is 22.5. The maximum Gasteiger partial charge on any atom is 0.338 e. The standard InChI is InChI=1S/C26H25ClO6/c1-17-7-13-21(14-8-17)32-22-16-31-26(29)24(30-15-18-5-3-2-4-6-18)23(22)33-25(28)19-9-11-20(27)12-10-19/h2-14,22-24,26,29H,15-16H2,1H3/t22-,23-,24+,26?/m1/s1. The van der Waals surface area contributed by atoms with Crippen LogP contribution in [-0.2, 0) is 20.8 Å². The Kier molecular flexibility index (Phi) is 7.62. The van der Waals surface area contributed by atoms with E-state index in [0.29, 0.717) is 16.3 Å². The third kappa shape index (κ3) is 6.12. The van der Waals surface area contributed by atoms with Crippen molar-refractivity contribution in [2.24, 2.45) is 0 Å². The van der Waals surface area contributed by atoms with Gasteiger partial charge in [-0.05, 0) is 48.9 Å². The first-order chi connectivity index (χ1) is 16.0. The fraction of sp³-hybridized carbons (Fsp3) is 0.269. The lowest BCUT2D eigenvalue weighted by atomic mass is 10.0. The van der Waals surface area contributed by atoms with Crippen LogP contribution in [0.25, 0.3) is 0 Å². The van der Waals surface area contributed by atoms with Crippen molar-refractivity contribution in [1.29, 1.82) is 0 Å². The zero-order valence-electron chi connectivity index (χ0n) is 18.1. The highest BCUT2D eigenvalue weighted by Crippen LogP contribution is 2.27. The van der Waals surface area contributed by atoms with Crippen molar-refractivity contribution >= 4 is 17.6 Å². The molecule has 0 radical (unpaired) electrons. The molecule has 3 aromatic carbocycles. The summed E-state index contributed by atoms with van der Waals surface area (Å²) in [7, 11) is 0. The summed E-state index contributed by atoms with van der Waals surface area (Å²) < 4.78 is 23.4. The van der Waals surface area contributed by atoms with Crippen molar-refractivity contribution in [2.75, 3.05) is 6.61 Å². The molecule has 3 aromatic rings. The molecule has 1 unspecified atom stereocenters. The van der Waals surface area contributed by atoms with Crippen molar-refractivity contribution in [3.63, 3.8) is 0 Å². The molecule has 1 saturated heterocycles. The van der Waals surface area contributed by atoms with E-state index in [1.165, 1.54) is 0 Å². The van der Waals surface area contributed by atoms with E-state index in [1.807, 2.05) is 61.5 Å². The molecule has 33 heavy (non-hydrogen) atoms. The molecule has 1 heterocycles. The Labute approximate surface area is 197 Å². The first-order valence-electron chi connectivity index (χ1n) is 10.6. The number of aliphatic hydroxyl groups excluding tert-OH is 1. The number of aryl methyl sites for hydroxylation is 1. The van der Waals surface area contributed by atoms with Crippen LogP contribution >= 0.6 is 11.6 Å². The Bertz CT molecular complexity index is 1040. The average molecular weight is 469 g/mol. The zero-order chi connectivity index (χ0) is 23.2. The van der Waals surface area contributed by atoms with Gasteiger partial charge in [0.2, 0.25) is 0 Å². The largest absolute Gasteiger partial charge is 0.484 e. The van der Waals surface area contributed by atoms with E-state index in [0.717, 1.165) is 11.1 Å². The molecule has 0 aromatic heterocycles. The quantitative estimate of drug-likeness (QED) is 0.512. The third-order valence-electron chi connectivity index (χ3n) is 5.32. The van der Waals surface area contributed by atoms with E-state index >= 15 is 0 Å². The molecule has 4 rings (SSSR count). The summed E-state index contributed by atoms with van der Waals surface area (Å²) in [5, 5.41) is 11.1. The highest BCUT2D eigenvalue weighted by Gasteiger charge is 2.45. The van der Waals surface area contributed by atoms with Gasteiger partial charge in [-0.3, -0.25) is 0 Å². The van der Waals surface area contributed by atoms with Crippen molar-refractivity contribution in [1.82, 2.24) is 0 Å². The Morgan fingerprint density at radius 2 is 1.70 bits per heavy atom. The van der Waals surface area contributed by atoms with E-state index in [4.69, 9.17) is 30.5 Å². The van der Waals surface area contributed by atoms with Crippen molar-refractivity contribution in [3.8, 4) is 5.75 Å². The topological polar surface area (TPSA) is 74.2 Å². The number of hydrogen-bond acceptors (Lipinski definition) is 6. The molecular formula is C26H25ClO6. The number of benzene rings is 3. The maximum absolute atomic E-state index is 12.9. The lowest BCUT2D eigenvalue weighted by Gasteiger charge is -2.39. The van der Waals surface area contributed by atoms with Gasteiger partial charge in [0, 0.05) is 5.02 Å². The first kappa shape index (κ1) is 23.3. The van der Waals surface area contributed by atoms with Gasteiger partial charge in [0.15, 0.2) is 18.5 Å². The van der Waals surface area contributed by atoms with Crippen molar-refractivity contribution in [2.45, 2.75) is 38.1 Å². The minimum Gasteiger partial charge on any atom is -0.484 e. The Morgan fingerprint density at radius 1 is 1.00 bits per heavy atom. The average Bonchev–Trinajstić information content (AvgIpc) is 2.83. The van der Waals surface area contributed by atoms with Crippen LogP contribution in [0.4, 0.5) is 0 Å². The van der Waals surface area contributed by atoms with Crippen LogP contribution in [0.1, 0.15) is 21.5 Å². The van der Waals surface area contributed by atoms with Gasteiger partial charge in [-0.25, -0.2) is 4.79 Å². The minimum atomic E-state index is -1.28. The third-order valence-corrected chi connectivity index (χ3v) is 5.57. The predicted octanol–water partition coefficient (Wildman–Crippen LogP) is 4.56. The molecular weight excluding hydrogens is 444 g/mol. The number of carbonyl (C=O) groups is 1. The number of halogens is 1. The summed E-state index contributed by atoms with van der Waals surface area (Å²) in [6.07, 6.45) is -3.84. The van der Waals surface area contributed by atoms with Gasteiger partial charge in [0.25, 0.3) is 0 Å². The molecule has 0 saturated carbocycles. The maximum atomic E-state index is 12.9. The Hall–Kier alpha value is -2.90. The molecule has 0 bridgehead atoms. The second kappa shape index (κ2) is 10.8. The highest BCUT2D eigenvalue weighted by atomic mass is 35.5. The number of aliphatic hydroxyl groups is 1. The molecule has 0 amide bonds. The molecule has 4 atom stereocenters. The summed E-state index contributed by atoms with van der Waals surface area (Å²) in [5.74, 6) is 0.0246. The van der Waals surface area contributed by atoms with E-state index in [2.05, 4.69) is 0 Å². The fourth-order valence-corrected chi connectivity index (χ4v) is 3.64. The summed E-state index contributed by atoms with van der Waals surface area (Å²) in [5.41, 5.74) is 2.33. The van der Waals surface area contributed by atoms with Gasteiger partial charge in [-0.15, -0.1) is 0 Å². The fourth-order valence-electron chi connectivity index (χ4n) is 3.51. The highest BCUT2D eigenvalue weighted by molar-refractivity contribution is 6.30. The van der Waals surface area contributed by atoms with Crippen LogP contribution in [-0.4, -0.2) is 42.3 Å². The van der Waals surface area contributed by atoms with E-state index in [-0.39, 0.29) is 13.2 Å². The van der Waals surface area contributed by atoms with E-state index < -0.39 is 30.6 Å². The Morgan fingerprint density at radius 3 is 2.39 bits per heavy atom. The summed E-state index contributed by atoms with van der Waals surface area (Å²) in [4.78, 5) is 12.9. The summed E-state index contributed by atoms with van der Waals surface area (Å²) >= 11 is 5.93. The van der Waals surface area contributed by atoms with Crippen LogP contribution in [0, 0.1) is 6.92 Å². The van der Waals surface area contributed by atoms with Crippen LogP contribution < -0.4 is 4.74 Å².